The molecule has 21 heavy (non-hydrogen) atoms. The number of benzene rings is 1. The van der Waals surface area contributed by atoms with E-state index in [0.29, 0.717) is 12.1 Å². The number of amides is 1. The van der Waals surface area contributed by atoms with Crippen molar-refractivity contribution < 1.29 is 4.79 Å². The molecule has 1 atom stereocenters. The summed E-state index contributed by atoms with van der Waals surface area (Å²) in [6, 6.07) is 5.68. The van der Waals surface area contributed by atoms with Gasteiger partial charge in [-0.1, -0.05) is 0 Å². The zero-order chi connectivity index (χ0) is 15.2. The maximum atomic E-state index is 11.8. The van der Waals surface area contributed by atoms with Crippen LogP contribution in [-0.2, 0) is 0 Å². The van der Waals surface area contributed by atoms with Crippen LogP contribution in [0, 0.1) is 6.92 Å². The quantitative estimate of drug-likeness (QED) is 0.886. The van der Waals surface area contributed by atoms with E-state index in [4.69, 9.17) is 0 Å². The number of aryl methyl sites for hydroxylation is 1. The Balaban J connectivity index is 2.13. The third-order valence-electron chi connectivity index (χ3n) is 3.22. The lowest BCUT2D eigenvalue weighted by molar-refractivity contribution is 0.0956. The van der Waals surface area contributed by atoms with E-state index in [-0.39, 0.29) is 11.9 Å². The van der Waals surface area contributed by atoms with Gasteiger partial charge in [-0.05, 0) is 44.5 Å². The second-order valence-electron chi connectivity index (χ2n) is 4.89. The molecule has 0 saturated heterocycles. The lowest BCUT2D eigenvalue weighted by atomic mass is 10.1. The SMILES string of the molecule is CCNC(=O)c1ccc(NC(C)c2cnccn2)c(C)c1. The number of hydrogen-bond donors (Lipinski definition) is 2. The van der Waals surface area contributed by atoms with E-state index in [1.54, 1.807) is 18.6 Å². The Bertz CT molecular complexity index is 613. The van der Waals surface area contributed by atoms with E-state index in [1.807, 2.05) is 39.0 Å². The van der Waals surface area contributed by atoms with Gasteiger partial charge in [0.1, 0.15) is 0 Å². The third kappa shape index (κ3) is 3.78. The Morgan fingerprint density at radius 2 is 2.14 bits per heavy atom. The smallest absolute Gasteiger partial charge is 0.251 e. The average Bonchev–Trinajstić information content (AvgIpc) is 2.50. The average molecular weight is 284 g/mol. The van der Waals surface area contributed by atoms with E-state index in [1.165, 1.54) is 0 Å². The Morgan fingerprint density at radius 3 is 2.76 bits per heavy atom. The lowest BCUT2D eigenvalue weighted by Crippen LogP contribution is -2.22. The first-order valence-corrected chi connectivity index (χ1v) is 7.03. The summed E-state index contributed by atoms with van der Waals surface area (Å²) in [5, 5.41) is 6.19. The molecular formula is C16H20N4O. The Kier molecular flexibility index (Phi) is 4.87. The van der Waals surface area contributed by atoms with Gasteiger partial charge in [-0.15, -0.1) is 0 Å². The van der Waals surface area contributed by atoms with Crippen LogP contribution in [0.4, 0.5) is 5.69 Å². The summed E-state index contributed by atoms with van der Waals surface area (Å²) >= 11 is 0. The summed E-state index contributed by atoms with van der Waals surface area (Å²) in [6.45, 7) is 6.54. The van der Waals surface area contributed by atoms with Crippen LogP contribution in [0.15, 0.2) is 36.8 Å². The van der Waals surface area contributed by atoms with Crippen LogP contribution >= 0.6 is 0 Å². The Hall–Kier alpha value is -2.43. The number of carbonyl (C=O) groups excluding carboxylic acids is 1. The number of anilines is 1. The molecule has 2 aromatic rings. The minimum atomic E-state index is -0.0471. The highest BCUT2D eigenvalue weighted by molar-refractivity contribution is 5.94. The van der Waals surface area contributed by atoms with E-state index < -0.39 is 0 Å². The summed E-state index contributed by atoms with van der Waals surface area (Å²) in [4.78, 5) is 20.2. The molecule has 2 rings (SSSR count). The molecule has 0 bridgehead atoms. The van der Waals surface area contributed by atoms with Gasteiger partial charge in [0.05, 0.1) is 17.9 Å². The van der Waals surface area contributed by atoms with Gasteiger partial charge >= 0.3 is 0 Å². The van der Waals surface area contributed by atoms with Crippen molar-refractivity contribution >= 4 is 11.6 Å². The molecule has 5 heteroatoms. The lowest BCUT2D eigenvalue weighted by Gasteiger charge is -2.17. The molecule has 0 spiro atoms. The van der Waals surface area contributed by atoms with Gasteiger partial charge in [0.2, 0.25) is 0 Å². The maximum absolute atomic E-state index is 11.8. The fourth-order valence-electron chi connectivity index (χ4n) is 2.07. The number of carbonyl (C=O) groups is 1. The van der Waals surface area contributed by atoms with Crippen molar-refractivity contribution in [1.29, 1.82) is 0 Å². The van der Waals surface area contributed by atoms with Crippen LogP contribution in [0.2, 0.25) is 0 Å². The van der Waals surface area contributed by atoms with Crippen molar-refractivity contribution in [2.75, 3.05) is 11.9 Å². The van der Waals surface area contributed by atoms with Crippen LogP contribution in [0.25, 0.3) is 0 Å². The predicted molar refractivity (Wildman–Crippen MR) is 83.3 cm³/mol. The molecule has 0 aliphatic heterocycles. The molecule has 1 aromatic heterocycles. The van der Waals surface area contributed by atoms with Gasteiger partial charge in [0.15, 0.2) is 0 Å². The van der Waals surface area contributed by atoms with E-state index >= 15 is 0 Å². The number of hydrogen-bond acceptors (Lipinski definition) is 4. The monoisotopic (exact) mass is 284 g/mol. The molecule has 0 saturated carbocycles. The van der Waals surface area contributed by atoms with Crippen molar-refractivity contribution in [1.82, 2.24) is 15.3 Å². The van der Waals surface area contributed by atoms with Gasteiger partial charge < -0.3 is 10.6 Å². The minimum absolute atomic E-state index is 0.0471. The summed E-state index contributed by atoms with van der Waals surface area (Å²) in [6.07, 6.45) is 5.08. The summed E-state index contributed by atoms with van der Waals surface area (Å²) < 4.78 is 0. The van der Waals surface area contributed by atoms with Crippen LogP contribution < -0.4 is 10.6 Å². The fraction of sp³-hybridized carbons (Fsp3) is 0.312. The fourth-order valence-corrected chi connectivity index (χ4v) is 2.07. The van der Waals surface area contributed by atoms with E-state index in [0.717, 1.165) is 16.9 Å². The molecule has 1 unspecified atom stereocenters. The molecule has 2 N–H and O–H groups in total. The zero-order valence-electron chi connectivity index (χ0n) is 12.6. The van der Waals surface area contributed by atoms with Gasteiger partial charge in [-0.2, -0.15) is 0 Å². The molecule has 1 amide bonds. The van der Waals surface area contributed by atoms with Gasteiger partial charge in [0, 0.05) is 30.2 Å². The van der Waals surface area contributed by atoms with Gasteiger partial charge in [0.25, 0.3) is 5.91 Å². The van der Waals surface area contributed by atoms with Gasteiger partial charge in [-0.3, -0.25) is 14.8 Å². The number of rotatable bonds is 5. The number of nitrogens with zero attached hydrogens (tertiary/aromatic N) is 2. The minimum Gasteiger partial charge on any atom is -0.377 e. The molecule has 1 heterocycles. The van der Waals surface area contributed by atoms with Crippen molar-refractivity contribution in [3.63, 3.8) is 0 Å². The molecule has 1 aromatic carbocycles. The normalized spacial score (nSPS) is 11.8. The van der Waals surface area contributed by atoms with Crippen LogP contribution in [0.1, 0.15) is 41.5 Å². The van der Waals surface area contributed by atoms with Crippen LogP contribution in [0.5, 0.6) is 0 Å². The highest BCUT2D eigenvalue weighted by atomic mass is 16.1. The summed E-state index contributed by atoms with van der Waals surface area (Å²) in [5.74, 6) is -0.0471. The van der Waals surface area contributed by atoms with Crippen molar-refractivity contribution in [2.45, 2.75) is 26.8 Å². The molecular weight excluding hydrogens is 264 g/mol. The van der Waals surface area contributed by atoms with E-state index in [9.17, 15) is 4.79 Å². The molecule has 0 fully saturated rings. The van der Waals surface area contributed by atoms with Crippen molar-refractivity contribution in [3.8, 4) is 0 Å². The third-order valence-corrected chi connectivity index (χ3v) is 3.22. The first-order valence-electron chi connectivity index (χ1n) is 7.03. The Labute approximate surface area is 124 Å². The van der Waals surface area contributed by atoms with Crippen molar-refractivity contribution in [3.05, 3.63) is 53.6 Å². The number of aromatic nitrogens is 2. The molecule has 0 aliphatic carbocycles. The standard InChI is InChI=1S/C16H20N4O/c1-4-18-16(21)13-5-6-14(11(2)9-13)20-12(3)15-10-17-7-8-19-15/h5-10,12,20H,4H2,1-3H3,(H,18,21). The molecule has 5 nitrogen and oxygen atoms in total. The number of nitrogens with one attached hydrogen (secondary N) is 2. The zero-order valence-corrected chi connectivity index (χ0v) is 12.6. The highest BCUT2D eigenvalue weighted by Gasteiger charge is 2.10. The first kappa shape index (κ1) is 15.0. The summed E-state index contributed by atoms with van der Waals surface area (Å²) in [5.41, 5.74) is 3.56. The largest absolute Gasteiger partial charge is 0.377 e. The van der Waals surface area contributed by atoms with Crippen LogP contribution in [-0.4, -0.2) is 22.4 Å². The molecule has 110 valence electrons. The molecule has 0 aliphatic rings. The van der Waals surface area contributed by atoms with Crippen molar-refractivity contribution in [2.24, 2.45) is 0 Å². The molecule has 0 radical (unpaired) electrons. The maximum Gasteiger partial charge on any atom is 0.251 e. The highest BCUT2D eigenvalue weighted by Crippen LogP contribution is 2.21. The first-order chi connectivity index (χ1) is 10.1. The Morgan fingerprint density at radius 1 is 1.33 bits per heavy atom. The topological polar surface area (TPSA) is 66.9 Å². The summed E-state index contributed by atoms with van der Waals surface area (Å²) in [7, 11) is 0. The second-order valence-corrected chi connectivity index (χ2v) is 4.89. The predicted octanol–water partition coefficient (Wildman–Crippen LogP) is 2.71. The van der Waals surface area contributed by atoms with Gasteiger partial charge in [-0.25, -0.2) is 0 Å². The van der Waals surface area contributed by atoms with Crippen LogP contribution in [0.3, 0.4) is 0 Å². The second kappa shape index (κ2) is 6.83. The van der Waals surface area contributed by atoms with E-state index in [2.05, 4.69) is 20.6 Å².